The number of aliphatic hydroxyl groups excluding tert-OH is 1. The zero-order valence-electron chi connectivity index (χ0n) is 15.2. The van der Waals surface area contributed by atoms with Gasteiger partial charge in [0.1, 0.15) is 0 Å². The van der Waals surface area contributed by atoms with E-state index in [1.165, 1.54) is 6.07 Å². The van der Waals surface area contributed by atoms with Crippen molar-refractivity contribution in [2.75, 3.05) is 11.9 Å². The second-order valence-electron chi connectivity index (χ2n) is 6.13. The molecule has 142 valence electrons. The molecule has 0 aliphatic rings. The molecule has 1 aromatic heterocycles. The molecule has 2 rings (SSSR count). The smallest absolute Gasteiger partial charge is 0.240 e. The van der Waals surface area contributed by atoms with Crippen LogP contribution in [0.5, 0.6) is 0 Å². The zero-order chi connectivity index (χ0) is 19.3. The minimum atomic E-state index is -3.70. The molecule has 0 aliphatic heterocycles. The molecule has 3 N–H and O–H groups in total. The number of carbonyl (C=O) groups is 1. The number of carbonyl (C=O) groups excluding carboxylic acids is 1. The second-order valence-corrected chi connectivity index (χ2v) is 7.86. The van der Waals surface area contributed by atoms with Crippen LogP contribution in [-0.4, -0.2) is 30.5 Å². The maximum Gasteiger partial charge on any atom is 0.240 e. The number of amides is 1. The van der Waals surface area contributed by atoms with Gasteiger partial charge in [0.15, 0.2) is 0 Å². The fourth-order valence-electron chi connectivity index (χ4n) is 2.65. The Bertz CT molecular complexity index is 874. The van der Waals surface area contributed by atoms with Crippen LogP contribution >= 0.6 is 0 Å². The quantitative estimate of drug-likeness (QED) is 0.654. The van der Waals surface area contributed by atoms with Crippen LogP contribution in [-0.2, 0) is 21.9 Å². The summed E-state index contributed by atoms with van der Waals surface area (Å²) in [7, 11) is -1.87. The normalized spacial score (nSPS) is 12.8. The van der Waals surface area contributed by atoms with Crippen molar-refractivity contribution in [3.63, 3.8) is 0 Å². The van der Waals surface area contributed by atoms with Crippen molar-refractivity contribution in [3.05, 3.63) is 47.8 Å². The number of hydrogen-bond acceptors (Lipinski definition) is 4. The average Bonchev–Trinajstić information content (AvgIpc) is 3.00. The summed E-state index contributed by atoms with van der Waals surface area (Å²) in [4.78, 5) is 11.6. The van der Waals surface area contributed by atoms with Gasteiger partial charge in [-0.2, -0.15) is 0 Å². The van der Waals surface area contributed by atoms with Crippen molar-refractivity contribution >= 4 is 21.6 Å². The predicted molar refractivity (Wildman–Crippen MR) is 100 cm³/mol. The number of nitrogens with one attached hydrogen (secondary N) is 2. The molecule has 0 saturated carbocycles. The molecule has 7 nitrogen and oxygen atoms in total. The van der Waals surface area contributed by atoms with Crippen molar-refractivity contribution in [3.8, 4) is 0 Å². The van der Waals surface area contributed by atoms with Gasteiger partial charge in [-0.05, 0) is 49.2 Å². The molecule has 1 heterocycles. The molecule has 0 saturated heterocycles. The number of sulfonamides is 1. The fourth-order valence-corrected chi connectivity index (χ4v) is 3.93. The minimum Gasteiger partial charge on any atom is -0.387 e. The van der Waals surface area contributed by atoms with E-state index < -0.39 is 16.1 Å². The summed E-state index contributed by atoms with van der Waals surface area (Å²) in [6, 6.07) is 8.28. The van der Waals surface area contributed by atoms with Crippen molar-refractivity contribution in [2.45, 2.75) is 37.7 Å². The third kappa shape index (κ3) is 4.94. The molecule has 1 amide bonds. The summed E-state index contributed by atoms with van der Waals surface area (Å²) < 4.78 is 29.3. The van der Waals surface area contributed by atoms with Crippen LogP contribution in [0.2, 0.25) is 0 Å². The van der Waals surface area contributed by atoms with Crippen molar-refractivity contribution in [1.82, 2.24) is 9.29 Å². The fraction of sp³-hybridized carbons (Fsp3) is 0.389. The molecular weight excluding hydrogens is 354 g/mol. The van der Waals surface area contributed by atoms with Crippen LogP contribution in [0.15, 0.2) is 41.4 Å². The SMILES string of the molecule is CCC(=O)Nc1ccc(S(=O)(=O)NCCC(O)c2cccn2C)c(C)c1. The van der Waals surface area contributed by atoms with Crippen molar-refractivity contribution < 1.29 is 18.3 Å². The Morgan fingerprint density at radius 3 is 2.62 bits per heavy atom. The second kappa shape index (κ2) is 8.48. The van der Waals surface area contributed by atoms with Crippen molar-refractivity contribution in [2.24, 2.45) is 7.05 Å². The highest BCUT2D eigenvalue weighted by molar-refractivity contribution is 7.89. The first-order chi connectivity index (χ1) is 12.2. The van der Waals surface area contributed by atoms with E-state index >= 15 is 0 Å². The van der Waals surface area contributed by atoms with Gasteiger partial charge in [0.2, 0.25) is 15.9 Å². The van der Waals surface area contributed by atoms with Crippen LogP contribution in [0.4, 0.5) is 5.69 Å². The molecule has 0 bridgehead atoms. The number of aliphatic hydroxyl groups is 1. The molecule has 2 aromatic rings. The third-order valence-corrected chi connectivity index (χ3v) is 5.73. The Hall–Kier alpha value is -2.16. The van der Waals surface area contributed by atoms with Gasteiger partial charge in [-0.1, -0.05) is 6.92 Å². The summed E-state index contributed by atoms with van der Waals surface area (Å²) in [6.07, 6.45) is 1.70. The topological polar surface area (TPSA) is 100 Å². The highest BCUT2D eigenvalue weighted by Crippen LogP contribution is 2.21. The Labute approximate surface area is 154 Å². The summed E-state index contributed by atoms with van der Waals surface area (Å²) in [5, 5.41) is 12.9. The van der Waals surface area contributed by atoms with Gasteiger partial charge < -0.3 is 15.0 Å². The van der Waals surface area contributed by atoms with Gasteiger partial charge in [0, 0.05) is 37.6 Å². The molecular formula is C18H25N3O4S. The van der Waals surface area contributed by atoms with Crippen LogP contribution in [0, 0.1) is 6.92 Å². The van der Waals surface area contributed by atoms with Gasteiger partial charge in [0.05, 0.1) is 11.0 Å². The lowest BCUT2D eigenvalue weighted by molar-refractivity contribution is -0.115. The van der Waals surface area contributed by atoms with E-state index in [2.05, 4.69) is 10.0 Å². The molecule has 0 radical (unpaired) electrons. The monoisotopic (exact) mass is 379 g/mol. The third-order valence-electron chi connectivity index (χ3n) is 4.10. The van der Waals surface area contributed by atoms with E-state index in [1.807, 2.05) is 19.3 Å². The molecule has 0 aliphatic carbocycles. The maximum absolute atomic E-state index is 12.5. The summed E-state index contributed by atoms with van der Waals surface area (Å²) in [5.74, 6) is -0.132. The Morgan fingerprint density at radius 1 is 1.31 bits per heavy atom. The molecule has 26 heavy (non-hydrogen) atoms. The first-order valence-electron chi connectivity index (χ1n) is 8.44. The Morgan fingerprint density at radius 2 is 2.04 bits per heavy atom. The average molecular weight is 379 g/mol. The number of hydrogen-bond donors (Lipinski definition) is 3. The number of aryl methyl sites for hydroxylation is 2. The molecule has 1 aromatic carbocycles. The van der Waals surface area contributed by atoms with Gasteiger partial charge >= 0.3 is 0 Å². The number of rotatable bonds is 8. The largest absolute Gasteiger partial charge is 0.387 e. The molecule has 8 heteroatoms. The lowest BCUT2D eigenvalue weighted by atomic mass is 10.2. The molecule has 0 fully saturated rings. The van der Waals surface area contributed by atoms with E-state index in [1.54, 1.807) is 36.6 Å². The highest BCUT2D eigenvalue weighted by Gasteiger charge is 2.18. The lowest BCUT2D eigenvalue weighted by Crippen LogP contribution is -2.27. The van der Waals surface area contributed by atoms with E-state index in [4.69, 9.17) is 0 Å². The van der Waals surface area contributed by atoms with Gasteiger partial charge in [0.25, 0.3) is 0 Å². The van der Waals surface area contributed by atoms with E-state index in [9.17, 15) is 18.3 Å². The molecule has 0 spiro atoms. The standard InChI is InChI=1S/C18H25N3O4S/c1-4-18(23)20-14-7-8-17(13(2)12-14)26(24,25)19-10-9-16(22)15-6-5-11-21(15)3/h5-8,11-12,16,19,22H,4,9-10H2,1-3H3,(H,20,23). The number of anilines is 1. The van der Waals surface area contributed by atoms with Gasteiger partial charge in [-0.25, -0.2) is 13.1 Å². The van der Waals surface area contributed by atoms with E-state index in [0.717, 1.165) is 5.69 Å². The Balaban J connectivity index is 2.01. The van der Waals surface area contributed by atoms with Crippen LogP contribution in [0.3, 0.4) is 0 Å². The van der Waals surface area contributed by atoms with Crippen LogP contribution in [0.25, 0.3) is 0 Å². The number of aromatic nitrogens is 1. The molecule has 1 unspecified atom stereocenters. The summed E-state index contributed by atoms with van der Waals surface area (Å²) in [5.41, 5.74) is 1.83. The minimum absolute atomic E-state index is 0.114. The first kappa shape index (κ1) is 20.2. The van der Waals surface area contributed by atoms with Crippen molar-refractivity contribution in [1.29, 1.82) is 0 Å². The van der Waals surface area contributed by atoms with Crippen LogP contribution < -0.4 is 10.0 Å². The first-order valence-corrected chi connectivity index (χ1v) is 9.92. The molecule has 1 atom stereocenters. The van der Waals surface area contributed by atoms with E-state index in [-0.39, 0.29) is 23.8 Å². The highest BCUT2D eigenvalue weighted by atomic mass is 32.2. The summed E-state index contributed by atoms with van der Waals surface area (Å²) >= 11 is 0. The predicted octanol–water partition coefficient (Wildman–Crippen LogP) is 2.08. The van der Waals surface area contributed by atoms with Crippen LogP contribution in [0.1, 0.15) is 37.1 Å². The van der Waals surface area contributed by atoms with Gasteiger partial charge in [-0.3, -0.25) is 4.79 Å². The number of benzene rings is 1. The number of nitrogens with zero attached hydrogens (tertiary/aromatic N) is 1. The zero-order valence-corrected chi connectivity index (χ0v) is 16.0. The van der Waals surface area contributed by atoms with Gasteiger partial charge in [-0.15, -0.1) is 0 Å². The van der Waals surface area contributed by atoms with E-state index in [0.29, 0.717) is 17.7 Å². The summed E-state index contributed by atoms with van der Waals surface area (Å²) in [6.45, 7) is 3.53. The lowest BCUT2D eigenvalue weighted by Gasteiger charge is -2.14. The maximum atomic E-state index is 12.5. The Kier molecular flexibility index (Phi) is 6.57.